The minimum absolute atomic E-state index is 0.0276. The van der Waals surface area contributed by atoms with Crippen LogP contribution in [0, 0.1) is 11.3 Å². The number of amides is 2. The molecule has 1 saturated carbocycles. The van der Waals surface area contributed by atoms with Crippen molar-refractivity contribution in [3.05, 3.63) is 33.4 Å². The maximum absolute atomic E-state index is 12.1. The molecule has 1 saturated heterocycles. The Morgan fingerprint density at radius 1 is 1.05 bits per heavy atom. The van der Waals surface area contributed by atoms with E-state index in [2.05, 4.69) is 15.6 Å². The summed E-state index contributed by atoms with van der Waals surface area (Å²) in [5.41, 5.74) is 6.90. The highest BCUT2D eigenvalue weighted by Crippen LogP contribution is 2.40. The van der Waals surface area contributed by atoms with Gasteiger partial charge in [-0.05, 0) is 56.1 Å². The summed E-state index contributed by atoms with van der Waals surface area (Å²) in [6.07, 6.45) is 4.93. The highest BCUT2D eigenvalue weighted by Gasteiger charge is 2.42. The first kappa shape index (κ1) is 30.4. The lowest BCUT2D eigenvalue weighted by Gasteiger charge is -2.46. The number of fused-ring (bicyclic) bond motifs is 1. The third-order valence-corrected chi connectivity index (χ3v) is 9.03. The molecule has 1 aliphatic heterocycles. The van der Waals surface area contributed by atoms with Crippen molar-refractivity contribution in [3.8, 4) is 0 Å². The van der Waals surface area contributed by atoms with Crippen LogP contribution in [-0.2, 0) is 4.79 Å². The number of piperidine rings is 1. The van der Waals surface area contributed by atoms with Gasteiger partial charge in [0, 0.05) is 23.5 Å². The normalized spacial score (nSPS) is 23.1. The molecule has 1 aromatic carbocycles. The number of nitrogens with two attached hydrogens (primary N) is 1. The molecule has 0 radical (unpaired) electrons. The molecule has 2 fully saturated rings. The number of hydrogen-bond donors (Lipinski definition) is 4. The van der Waals surface area contributed by atoms with Crippen LogP contribution in [0.4, 0.5) is 22.4 Å². The zero-order valence-corrected chi connectivity index (χ0v) is 26.0. The van der Waals surface area contributed by atoms with Crippen LogP contribution in [0.1, 0.15) is 65.3 Å². The molecule has 42 heavy (non-hydrogen) atoms. The van der Waals surface area contributed by atoms with E-state index in [-0.39, 0.29) is 35.4 Å². The zero-order valence-electron chi connectivity index (χ0n) is 23.7. The van der Waals surface area contributed by atoms with Gasteiger partial charge in [0.25, 0.3) is 0 Å². The summed E-state index contributed by atoms with van der Waals surface area (Å²) in [7, 11) is 0. The summed E-state index contributed by atoms with van der Waals surface area (Å²) in [6.45, 7) is 6.61. The number of benzene rings is 1. The van der Waals surface area contributed by atoms with Gasteiger partial charge in [-0.3, -0.25) is 9.36 Å². The molecule has 11 nitrogen and oxygen atoms in total. The van der Waals surface area contributed by atoms with Crippen molar-refractivity contribution in [3.63, 3.8) is 0 Å². The second kappa shape index (κ2) is 11.9. The fourth-order valence-corrected chi connectivity index (χ4v) is 7.30. The molecule has 226 valence electrons. The fraction of sp³-hybridized carbons (Fsp3) is 0.536. The van der Waals surface area contributed by atoms with Gasteiger partial charge in [0.1, 0.15) is 5.52 Å². The molecule has 1 aliphatic carbocycles. The number of nitrogens with one attached hydrogen (secondary N) is 2. The molecule has 2 amide bonds. The van der Waals surface area contributed by atoms with Gasteiger partial charge in [-0.25, -0.2) is 14.8 Å². The van der Waals surface area contributed by atoms with Gasteiger partial charge in [-0.1, -0.05) is 55.6 Å². The third kappa shape index (κ3) is 6.18. The fourth-order valence-electron chi connectivity index (χ4n) is 6.38. The number of rotatable bonds is 6. The number of carbonyl (C=O) groups excluding carboxylic acids is 1. The van der Waals surface area contributed by atoms with Crippen LogP contribution in [0.15, 0.2) is 18.3 Å². The van der Waals surface area contributed by atoms with Crippen LogP contribution < -0.4 is 16.4 Å². The summed E-state index contributed by atoms with van der Waals surface area (Å²) in [5.74, 6) is 0.409. The number of likely N-dealkylation sites (tertiary alicyclic amines) is 1. The predicted molar refractivity (Wildman–Crippen MR) is 165 cm³/mol. The quantitative estimate of drug-likeness (QED) is 0.233. The van der Waals surface area contributed by atoms with E-state index in [0.717, 1.165) is 12.8 Å². The van der Waals surface area contributed by atoms with Crippen LogP contribution in [0.5, 0.6) is 0 Å². The van der Waals surface area contributed by atoms with E-state index in [1.54, 1.807) is 18.3 Å². The van der Waals surface area contributed by atoms with Gasteiger partial charge in [-0.15, -0.1) is 0 Å². The van der Waals surface area contributed by atoms with Gasteiger partial charge >= 0.3 is 6.09 Å². The van der Waals surface area contributed by atoms with E-state index >= 15 is 0 Å². The first-order valence-electron chi connectivity index (χ1n) is 14.1. The summed E-state index contributed by atoms with van der Waals surface area (Å²) >= 11 is 19.1. The minimum Gasteiger partial charge on any atom is -0.465 e. The SMILES string of the molecule is CC(C)(C)C1C(Nc2ncc3nc(Nc4c(Cl)cc(Cl)cc4Cl)n(C4CCC(C(N)=O)CC4)c3n2)CCCN1C(=O)O. The Labute approximate surface area is 259 Å². The van der Waals surface area contributed by atoms with Crippen molar-refractivity contribution in [1.29, 1.82) is 0 Å². The number of hydrogen-bond acceptors (Lipinski definition) is 7. The Bertz CT molecular complexity index is 1480. The molecule has 0 bridgehead atoms. The maximum Gasteiger partial charge on any atom is 0.407 e. The van der Waals surface area contributed by atoms with E-state index in [1.807, 2.05) is 25.3 Å². The molecule has 14 heteroatoms. The summed E-state index contributed by atoms with van der Waals surface area (Å²) in [4.78, 5) is 39.7. The number of halogens is 3. The minimum atomic E-state index is -0.933. The molecule has 2 aromatic heterocycles. The van der Waals surface area contributed by atoms with Crippen molar-refractivity contribution in [2.75, 3.05) is 17.2 Å². The number of carboxylic acid groups (broad SMARTS) is 1. The second-order valence-electron chi connectivity index (χ2n) is 12.2. The lowest BCUT2D eigenvalue weighted by atomic mass is 9.77. The molecule has 2 unspecified atom stereocenters. The zero-order chi connectivity index (χ0) is 30.3. The van der Waals surface area contributed by atoms with Crippen LogP contribution in [0.2, 0.25) is 15.1 Å². The van der Waals surface area contributed by atoms with Crippen molar-refractivity contribution < 1.29 is 14.7 Å². The number of aromatic nitrogens is 4. The maximum atomic E-state index is 12.1. The number of primary amides is 1. The van der Waals surface area contributed by atoms with Crippen LogP contribution in [0.25, 0.3) is 11.2 Å². The molecular formula is C28H35Cl3N8O3. The molecular weight excluding hydrogens is 603 g/mol. The standard InChI is InChI=1S/C28H35Cl3N8O3/c1-28(2,3)22-19(5-4-10-38(22)27(41)42)34-25-33-13-20-24(37-25)39(16-8-6-14(7-9-16)23(32)40)26(35-20)36-21-17(30)11-15(29)12-18(21)31/h11-14,16,19,22H,4-10H2,1-3H3,(H2,32,40)(H,35,36)(H,41,42)(H,33,34,37). The monoisotopic (exact) mass is 636 g/mol. The van der Waals surface area contributed by atoms with E-state index < -0.39 is 6.09 Å². The van der Waals surface area contributed by atoms with Gasteiger partial charge in [0.15, 0.2) is 5.65 Å². The predicted octanol–water partition coefficient (Wildman–Crippen LogP) is 6.72. The summed E-state index contributed by atoms with van der Waals surface area (Å²) < 4.78 is 2.01. The van der Waals surface area contributed by atoms with E-state index in [4.69, 9.17) is 50.5 Å². The third-order valence-electron chi connectivity index (χ3n) is 8.22. The van der Waals surface area contributed by atoms with Crippen molar-refractivity contribution in [1.82, 2.24) is 24.4 Å². The van der Waals surface area contributed by atoms with Crippen molar-refractivity contribution in [2.24, 2.45) is 17.1 Å². The average Bonchev–Trinajstić information content (AvgIpc) is 3.27. The Kier molecular flexibility index (Phi) is 8.65. The molecule has 2 aliphatic rings. The number of imidazole rings is 1. The summed E-state index contributed by atoms with van der Waals surface area (Å²) in [5, 5.41) is 17.7. The first-order chi connectivity index (χ1) is 19.8. The average molecular weight is 638 g/mol. The lowest BCUT2D eigenvalue weighted by molar-refractivity contribution is -0.122. The molecule has 5 rings (SSSR count). The highest BCUT2D eigenvalue weighted by atomic mass is 35.5. The molecule has 5 N–H and O–H groups in total. The van der Waals surface area contributed by atoms with E-state index in [9.17, 15) is 14.7 Å². The van der Waals surface area contributed by atoms with Crippen LogP contribution >= 0.6 is 34.8 Å². The molecule has 0 spiro atoms. The molecule has 2 atom stereocenters. The van der Waals surface area contributed by atoms with E-state index in [1.165, 1.54) is 4.90 Å². The Morgan fingerprint density at radius 2 is 1.71 bits per heavy atom. The van der Waals surface area contributed by atoms with Gasteiger partial charge < -0.3 is 26.4 Å². The largest absolute Gasteiger partial charge is 0.465 e. The lowest BCUT2D eigenvalue weighted by Crippen LogP contribution is -2.58. The smallest absolute Gasteiger partial charge is 0.407 e. The van der Waals surface area contributed by atoms with Gasteiger partial charge in [-0.2, -0.15) is 4.98 Å². The highest BCUT2D eigenvalue weighted by molar-refractivity contribution is 6.41. The topological polar surface area (TPSA) is 151 Å². The van der Waals surface area contributed by atoms with Crippen molar-refractivity contribution in [2.45, 2.75) is 77.4 Å². The van der Waals surface area contributed by atoms with Crippen LogP contribution in [0.3, 0.4) is 0 Å². The molecule has 3 heterocycles. The second-order valence-corrected chi connectivity index (χ2v) is 13.4. The Balaban J connectivity index is 1.54. The Morgan fingerprint density at radius 3 is 2.31 bits per heavy atom. The van der Waals surface area contributed by atoms with Crippen LogP contribution in [-0.4, -0.2) is 60.2 Å². The molecule has 3 aromatic rings. The van der Waals surface area contributed by atoms with Gasteiger partial charge in [0.2, 0.25) is 17.8 Å². The Hall–Kier alpha value is -3.02. The number of carbonyl (C=O) groups is 2. The van der Waals surface area contributed by atoms with E-state index in [0.29, 0.717) is 76.0 Å². The first-order valence-corrected chi connectivity index (χ1v) is 15.2. The summed E-state index contributed by atoms with van der Waals surface area (Å²) in [6, 6.07) is 2.71. The van der Waals surface area contributed by atoms with Crippen molar-refractivity contribution >= 4 is 75.6 Å². The number of anilines is 3. The number of nitrogens with zero attached hydrogens (tertiary/aromatic N) is 5. The van der Waals surface area contributed by atoms with Gasteiger partial charge in [0.05, 0.1) is 34.0 Å².